The van der Waals surface area contributed by atoms with Gasteiger partial charge in [0, 0.05) is 24.4 Å². The van der Waals surface area contributed by atoms with E-state index in [0.717, 1.165) is 0 Å². The lowest BCUT2D eigenvalue weighted by atomic mass is 10.3. The van der Waals surface area contributed by atoms with Crippen LogP contribution in [0, 0.1) is 0 Å². The van der Waals surface area contributed by atoms with Gasteiger partial charge in [0.1, 0.15) is 5.78 Å². The smallest absolute Gasteiger partial charge is 0.132 e. The van der Waals surface area contributed by atoms with Crippen molar-refractivity contribution in [3.05, 3.63) is 17.1 Å². The Balaban J connectivity index is 0.000000183. The summed E-state index contributed by atoms with van der Waals surface area (Å²) >= 11 is 1.60. The van der Waals surface area contributed by atoms with Crippen LogP contribution in [-0.2, 0) is 4.79 Å². The van der Waals surface area contributed by atoms with Crippen LogP contribution in [0.4, 0.5) is 0 Å². The summed E-state index contributed by atoms with van der Waals surface area (Å²) in [4.78, 5) is 13.9. The number of hydrogen-bond acceptors (Lipinski definition) is 3. The van der Waals surface area contributed by atoms with Crippen LogP contribution in [0.5, 0.6) is 0 Å². The first-order chi connectivity index (χ1) is 5.31. The summed E-state index contributed by atoms with van der Waals surface area (Å²) in [5.74, 6) is 0.343. The Kier molecular flexibility index (Phi) is 6.94. The second-order valence-corrected chi connectivity index (χ2v) is 2.68. The maximum atomic E-state index is 10.2. The molecule has 1 aromatic rings. The molecule has 0 saturated carbocycles. The first-order valence-corrected chi connectivity index (χ1v) is 4.59. The summed E-state index contributed by atoms with van der Waals surface area (Å²) in [6.45, 7) is 3.76. The van der Waals surface area contributed by atoms with E-state index in [0.29, 0.717) is 18.6 Å². The van der Waals surface area contributed by atoms with Gasteiger partial charge in [-0.2, -0.15) is 0 Å². The zero-order valence-corrected chi connectivity index (χ0v) is 7.73. The van der Waals surface area contributed by atoms with E-state index >= 15 is 0 Å². The van der Waals surface area contributed by atoms with Crippen molar-refractivity contribution in [1.82, 2.24) is 4.98 Å². The fourth-order valence-corrected chi connectivity index (χ4v) is 0.777. The minimum absolute atomic E-state index is 0.343. The molecule has 0 spiro atoms. The molecule has 0 aliphatic carbocycles. The van der Waals surface area contributed by atoms with Crippen LogP contribution >= 0.6 is 11.3 Å². The number of thiazole rings is 1. The van der Waals surface area contributed by atoms with Gasteiger partial charge in [0.25, 0.3) is 0 Å². The van der Waals surface area contributed by atoms with E-state index in [-0.39, 0.29) is 0 Å². The number of nitrogens with zero attached hydrogens (tertiary/aromatic N) is 1. The van der Waals surface area contributed by atoms with E-state index in [1.54, 1.807) is 23.0 Å². The fraction of sp³-hybridized carbons (Fsp3) is 0.500. The Morgan fingerprint density at radius 2 is 2.09 bits per heavy atom. The van der Waals surface area contributed by atoms with Crippen LogP contribution in [0.15, 0.2) is 17.1 Å². The van der Waals surface area contributed by atoms with Crippen LogP contribution in [0.1, 0.15) is 26.7 Å². The van der Waals surface area contributed by atoms with Crippen LogP contribution in [0.25, 0.3) is 0 Å². The van der Waals surface area contributed by atoms with E-state index in [9.17, 15) is 4.79 Å². The Morgan fingerprint density at radius 3 is 2.18 bits per heavy atom. The first kappa shape index (κ1) is 10.3. The minimum atomic E-state index is 0.343. The SMILES string of the molecule is CCC(=O)CC.c1cscn1. The van der Waals surface area contributed by atoms with Gasteiger partial charge in [0.05, 0.1) is 5.51 Å². The standard InChI is InChI=1S/C5H10O.C3H3NS/c1-3-5(6)4-2;1-2-5-3-4-1/h3-4H2,1-2H3;1-3H. The average molecular weight is 171 g/mol. The highest BCUT2D eigenvalue weighted by Crippen LogP contribution is 1.86. The van der Waals surface area contributed by atoms with Gasteiger partial charge in [0.2, 0.25) is 0 Å². The molecular weight excluding hydrogens is 158 g/mol. The number of carbonyl (C=O) groups excluding carboxylic acids is 1. The molecule has 0 atom stereocenters. The third-order valence-electron chi connectivity index (χ3n) is 1.14. The first-order valence-electron chi connectivity index (χ1n) is 3.65. The number of aromatic nitrogens is 1. The van der Waals surface area contributed by atoms with E-state index < -0.39 is 0 Å². The summed E-state index contributed by atoms with van der Waals surface area (Å²) in [7, 11) is 0. The van der Waals surface area contributed by atoms with Gasteiger partial charge in [-0.05, 0) is 0 Å². The summed E-state index contributed by atoms with van der Waals surface area (Å²) in [5.41, 5.74) is 1.79. The molecule has 1 aromatic heterocycles. The Morgan fingerprint density at radius 1 is 1.45 bits per heavy atom. The molecule has 1 rings (SSSR count). The highest BCUT2D eigenvalue weighted by molar-refractivity contribution is 7.07. The van der Waals surface area contributed by atoms with Crippen LogP contribution in [0.3, 0.4) is 0 Å². The molecule has 0 saturated heterocycles. The zero-order chi connectivity index (χ0) is 8.53. The second-order valence-electron chi connectivity index (χ2n) is 1.92. The Labute approximate surface area is 71.3 Å². The Bertz CT molecular complexity index is 149. The minimum Gasteiger partial charge on any atom is -0.300 e. The van der Waals surface area contributed by atoms with Gasteiger partial charge in [-0.1, -0.05) is 13.8 Å². The molecule has 0 N–H and O–H groups in total. The molecule has 0 aromatic carbocycles. The molecule has 2 nitrogen and oxygen atoms in total. The Hall–Kier alpha value is -0.700. The van der Waals surface area contributed by atoms with Crippen molar-refractivity contribution in [1.29, 1.82) is 0 Å². The van der Waals surface area contributed by atoms with Gasteiger partial charge >= 0.3 is 0 Å². The van der Waals surface area contributed by atoms with Crippen molar-refractivity contribution in [2.45, 2.75) is 26.7 Å². The number of hydrogen-bond donors (Lipinski definition) is 0. The van der Waals surface area contributed by atoms with Crippen LogP contribution < -0.4 is 0 Å². The molecule has 62 valence electrons. The van der Waals surface area contributed by atoms with Crippen LogP contribution in [0.2, 0.25) is 0 Å². The van der Waals surface area contributed by atoms with Gasteiger partial charge in [0.15, 0.2) is 0 Å². The number of Topliss-reactive ketones (excluding diaryl/α,β-unsaturated/α-hetero) is 1. The maximum absolute atomic E-state index is 10.2. The van der Waals surface area contributed by atoms with Gasteiger partial charge in [-0.3, -0.25) is 9.78 Å². The molecule has 0 fully saturated rings. The fourth-order valence-electron chi connectivity index (χ4n) is 0.426. The van der Waals surface area contributed by atoms with E-state index in [2.05, 4.69) is 4.98 Å². The van der Waals surface area contributed by atoms with Crippen LogP contribution in [-0.4, -0.2) is 10.8 Å². The van der Waals surface area contributed by atoms with E-state index in [4.69, 9.17) is 0 Å². The topological polar surface area (TPSA) is 30.0 Å². The van der Waals surface area contributed by atoms with Crippen molar-refractivity contribution >= 4 is 17.1 Å². The average Bonchev–Trinajstić information content (AvgIpc) is 2.60. The third-order valence-corrected chi connectivity index (χ3v) is 1.66. The predicted molar refractivity (Wildman–Crippen MR) is 47.7 cm³/mol. The van der Waals surface area contributed by atoms with Crippen molar-refractivity contribution in [3.63, 3.8) is 0 Å². The molecule has 1 heterocycles. The van der Waals surface area contributed by atoms with Crippen molar-refractivity contribution in [2.75, 3.05) is 0 Å². The third kappa shape index (κ3) is 7.19. The summed E-state index contributed by atoms with van der Waals surface area (Å²) in [6, 6.07) is 0. The molecule has 0 unspecified atom stereocenters. The van der Waals surface area contributed by atoms with E-state index in [1.807, 2.05) is 19.2 Å². The van der Waals surface area contributed by atoms with Gasteiger partial charge < -0.3 is 0 Å². The summed E-state index contributed by atoms with van der Waals surface area (Å²) in [6.07, 6.45) is 3.15. The summed E-state index contributed by atoms with van der Waals surface area (Å²) < 4.78 is 0. The predicted octanol–water partition coefficient (Wildman–Crippen LogP) is 2.52. The maximum Gasteiger partial charge on any atom is 0.132 e. The molecule has 0 amide bonds. The van der Waals surface area contributed by atoms with Crippen molar-refractivity contribution < 1.29 is 4.79 Å². The molecule has 11 heavy (non-hydrogen) atoms. The monoisotopic (exact) mass is 171 g/mol. The normalized spacial score (nSPS) is 8.18. The van der Waals surface area contributed by atoms with Gasteiger partial charge in [-0.15, -0.1) is 11.3 Å². The molecular formula is C8H13NOS. The number of rotatable bonds is 2. The molecule has 0 aliphatic rings. The van der Waals surface area contributed by atoms with E-state index in [1.165, 1.54) is 0 Å². The lowest BCUT2D eigenvalue weighted by Crippen LogP contribution is -1.88. The van der Waals surface area contributed by atoms with Crippen molar-refractivity contribution in [2.24, 2.45) is 0 Å². The second kappa shape index (κ2) is 7.41. The lowest BCUT2D eigenvalue weighted by molar-refractivity contribution is -0.118. The molecule has 0 radical (unpaired) electrons. The van der Waals surface area contributed by atoms with Crippen molar-refractivity contribution in [3.8, 4) is 0 Å². The summed E-state index contributed by atoms with van der Waals surface area (Å²) in [5, 5.41) is 1.93. The largest absolute Gasteiger partial charge is 0.300 e. The zero-order valence-electron chi connectivity index (χ0n) is 6.91. The highest BCUT2D eigenvalue weighted by Gasteiger charge is 1.86. The molecule has 0 aliphatic heterocycles. The van der Waals surface area contributed by atoms with Gasteiger partial charge in [-0.25, -0.2) is 0 Å². The molecule has 0 bridgehead atoms. The number of ketones is 1. The highest BCUT2D eigenvalue weighted by atomic mass is 32.1. The lowest BCUT2D eigenvalue weighted by Gasteiger charge is -1.81. The quantitative estimate of drug-likeness (QED) is 0.684. The number of carbonyl (C=O) groups is 1. The molecule has 3 heteroatoms.